The lowest BCUT2D eigenvalue weighted by Crippen LogP contribution is -2.36. The van der Waals surface area contributed by atoms with E-state index in [1.165, 1.54) is 11.0 Å². The molecule has 0 aliphatic carbocycles. The highest BCUT2D eigenvalue weighted by atomic mass is 32.1. The molecule has 0 spiro atoms. The van der Waals surface area contributed by atoms with E-state index in [0.717, 1.165) is 12.8 Å². The fourth-order valence-electron chi connectivity index (χ4n) is 1.40. The van der Waals surface area contributed by atoms with Gasteiger partial charge in [-0.15, -0.1) is 5.10 Å². The summed E-state index contributed by atoms with van der Waals surface area (Å²) in [5.74, 6) is 0.202. The maximum absolute atomic E-state index is 11.7. The minimum absolute atomic E-state index is 0.0851. The zero-order valence-corrected chi connectivity index (χ0v) is 10.8. The first kappa shape index (κ1) is 13.6. The summed E-state index contributed by atoms with van der Waals surface area (Å²) in [6, 6.07) is 0.209. The molecule has 0 aromatic carbocycles. The van der Waals surface area contributed by atoms with E-state index < -0.39 is 0 Å². The first-order chi connectivity index (χ1) is 8.06. The van der Waals surface area contributed by atoms with Crippen LogP contribution in [0.2, 0.25) is 0 Å². The van der Waals surface area contributed by atoms with Crippen LogP contribution in [0.3, 0.4) is 0 Å². The van der Waals surface area contributed by atoms with Crippen LogP contribution in [0.1, 0.15) is 32.5 Å². The molecule has 0 saturated carbocycles. The van der Waals surface area contributed by atoms with Gasteiger partial charge in [0.2, 0.25) is 11.7 Å². The Morgan fingerprint density at radius 1 is 1.59 bits per heavy atom. The van der Waals surface area contributed by atoms with Gasteiger partial charge in [0, 0.05) is 6.04 Å². The number of nitrogens with one attached hydrogen (secondary N) is 1. The number of carbonyl (C=O) groups excluding carboxylic acids is 1. The number of nitrogens with two attached hydrogens (primary N) is 1. The zero-order valence-electron chi connectivity index (χ0n) is 10.0. The third kappa shape index (κ3) is 4.10. The Hall–Kier alpha value is -1.50. The largest absolute Gasteiger partial charge is 0.387 e. The van der Waals surface area contributed by atoms with E-state index in [1.807, 2.05) is 13.8 Å². The molecule has 6 nitrogen and oxygen atoms in total. The van der Waals surface area contributed by atoms with E-state index in [1.54, 1.807) is 0 Å². The second kappa shape index (κ2) is 6.29. The molecule has 0 radical (unpaired) electrons. The minimum Gasteiger partial charge on any atom is -0.387 e. The van der Waals surface area contributed by atoms with Crippen LogP contribution in [0.5, 0.6) is 0 Å². The number of hydrogen-bond donors (Lipinski definition) is 2. The lowest BCUT2D eigenvalue weighted by atomic mass is 10.2. The molecule has 94 valence electrons. The normalized spacial score (nSPS) is 10.5. The number of hydrogen-bond acceptors (Lipinski definition) is 4. The molecular weight excluding hydrogens is 238 g/mol. The van der Waals surface area contributed by atoms with E-state index in [-0.39, 0.29) is 29.3 Å². The summed E-state index contributed by atoms with van der Waals surface area (Å²) in [7, 11) is 0. The average Bonchev–Trinajstić information content (AvgIpc) is 2.74. The smallest absolute Gasteiger partial charge is 0.242 e. The number of aromatic nitrogens is 3. The fraction of sp³-hybridized carbons (Fsp3) is 0.600. The predicted octanol–water partition coefficient (Wildman–Crippen LogP) is 0.217. The van der Waals surface area contributed by atoms with Crippen molar-refractivity contribution in [1.82, 2.24) is 20.1 Å². The van der Waals surface area contributed by atoms with Gasteiger partial charge in [-0.3, -0.25) is 4.79 Å². The number of nitrogens with zero attached hydrogens (tertiary/aromatic N) is 3. The van der Waals surface area contributed by atoms with Crippen LogP contribution in [-0.2, 0) is 11.3 Å². The van der Waals surface area contributed by atoms with Gasteiger partial charge in [-0.1, -0.05) is 26.1 Å². The molecule has 0 saturated heterocycles. The lowest BCUT2D eigenvalue weighted by Gasteiger charge is -2.14. The van der Waals surface area contributed by atoms with Crippen molar-refractivity contribution in [3.05, 3.63) is 12.2 Å². The number of carbonyl (C=O) groups is 1. The van der Waals surface area contributed by atoms with E-state index >= 15 is 0 Å². The molecule has 3 N–H and O–H groups in total. The van der Waals surface area contributed by atoms with Crippen LogP contribution >= 0.6 is 12.2 Å². The topological polar surface area (TPSA) is 85.8 Å². The molecule has 1 rings (SSSR count). The summed E-state index contributed by atoms with van der Waals surface area (Å²) in [6.45, 7) is 4.20. The van der Waals surface area contributed by atoms with Crippen molar-refractivity contribution < 1.29 is 4.79 Å². The second-order valence-corrected chi connectivity index (χ2v) is 4.15. The van der Waals surface area contributed by atoms with Gasteiger partial charge >= 0.3 is 0 Å². The van der Waals surface area contributed by atoms with Gasteiger partial charge in [0.1, 0.15) is 17.9 Å². The summed E-state index contributed by atoms with van der Waals surface area (Å²) in [4.78, 5) is 15.7. The molecule has 0 bridgehead atoms. The van der Waals surface area contributed by atoms with Gasteiger partial charge in [0.15, 0.2) is 0 Å². The standard InChI is InChI=1S/C10H17N5OS/c1-3-7(4-2)13-8(16)5-15-6-12-10(14-15)9(11)17/h6-7H,3-5H2,1-2H3,(H2,11,17)(H,13,16). The highest BCUT2D eigenvalue weighted by Gasteiger charge is 2.10. The Morgan fingerprint density at radius 2 is 2.24 bits per heavy atom. The average molecular weight is 255 g/mol. The number of rotatable bonds is 6. The fourth-order valence-corrected chi connectivity index (χ4v) is 1.49. The molecule has 0 unspecified atom stereocenters. The quantitative estimate of drug-likeness (QED) is 0.710. The summed E-state index contributed by atoms with van der Waals surface area (Å²) in [6.07, 6.45) is 3.27. The highest BCUT2D eigenvalue weighted by Crippen LogP contribution is 1.96. The summed E-state index contributed by atoms with van der Waals surface area (Å²) < 4.78 is 1.42. The molecule has 0 aliphatic heterocycles. The van der Waals surface area contributed by atoms with Crippen LogP contribution in [-0.4, -0.2) is 31.7 Å². The van der Waals surface area contributed by atoms with Crippen molar-refractivity contribution in [2.75, 3.05) is 0 Å². The number of amides is 1. The third-order valence-corrected chi connectivity index (χ3v) is 2.60. The minimum atomic E-state index is -0.0851. The van der Waals surface area contributed by atoms with E-state index in [4.69, 9.17) is 18.0 Å². The first-order valence-corrected chi connectivity index (χ1v) is 5.96. The van der Waals surface area contributed by atoms with Gasteiger partial charge in [0.25, 0.3) is 0 Å². The molecule has 0 atom stereocenters. The maximum atomic E-state index is 11.7. The van der Waals surface area contributed by atoms with Crippen molar-refractivity contribution in [1.29, 1.82) is 0 Å². The summed E-state index contributed by atoms with van der Waals surface area (Å²) in [5.41, 5.74) is 5.37. The summed E-state index contributed by atoms with van der Waals surface area (Å²) >= 11 is 4.74. The molecule has 17 heavy (non-hydrogen) atoms. The van der Waals surface area contributed by atoms with E-state index in [9.17, 15) is 4.79 Å². The van der Waals surface area contributed by atoms with Gasteiger partial charge in [-0.2, -0.15) is 0 Å². The molecule has 1 amide bonds. The summed E-state index contributed by atoms with van der Waals surface area (Å²) in [5, 5.41) is 6.90. The monoisotopic (exact) mass is 255 g/mol. The molecule has 1 aromatic heterocycles. The molecule has 1 aromatic rings. The van der Waals surface area contributed by atoms with Gasteiger partial charge < -0.3 is 11.1 Å². The van der Waals surface area contributed by atoms with E-state index in [0.29, 0.717) is 0 Å². The Bertz CT molecular complexity index is 399. The van der Waals surface area contributed by atoms with Crippen LogP contribution in [0.25, 0.3) is 0 Å². The van der Waals surface area contributed by atoms with Crippen LogP contribution < -0.4 is 11.1 Å². The SMILES string of the molecule is CCC(CC)NC(=O)Cn1cnc(C(N)=S)n1. The molecule has 1 heterocycles. The first-order valence-electron chi connectivity index (χ1n) is 5.55. The third-order valence-electron chi connectivity index (χ3n) is 2.41. The van der Waals surface area contributed by atoms with Gasteiger partial charge in [-0.25, -0.2) is 9.67 Å². The van der Waals surface area contributed by atoms with Gasteiger partial charge in [0.05, 0.1) is 0 Å². The number of thiocarbonyl (C=S) groups is 1. The van der Waals surface area contributed by atoms with Crippen LogP contribution in [0.4, 0.5) is 0 Å². The lowest BCUT2D eigenvalue weighted by molar-refractivity contribution is -0.122. The van der Waals surface area contributed by atoms with Crippen molar-refractivity contribution in [3.63, 3.8) is 0 Å². The van der Waals surface area contributed by atoms with Crippen LogP contribution in [0.15, 0.2) is 6.33 Å². The predicted molar refractivity (Wildman–Crippen MR) is 68.4 cm³/mol. The van der Waals surface area contributed by atoms with Crippen molar-refractivity contribution in [2.24, 2.45) is 5.73 Å². The zero-order chi connectivity index (χ0) is 12.8. The Kier molecular flexibility index (Phi) is 5.02. The van der Waals surface area contributed by atoms with Crippen molar-refractivity contribution >= 4 is 23.1 Å². The molecule has 0 aliphatic rings. The molecule has 0 fully saturated rings. The Labute approximate surface area is 106 Å². The van der Waals surface area contributed by atoms with Crippen molar-refractivity contribution in [2.45, 2.75) is 39.3 Å². The van der Waals surface area contributed by atoms with E-state index in [2.05, 4.69) is 15.4 Å². The van der Waals surface area contributed by atoms with Crippen LogP contribution in [0, 0.1) is 0 Å². The van der Waals surface area contributed by atoms with Gasteiger partial charge in [-0.05, 0) is 12.8 Å². The van der Waals surface area contributed by atoms with Crippen molar-refractivity contribution in [3.8, 4) is 0 Å². The maximum Gasteiger partial charge on any atom is 0.242 e. The Morgan fingerprint density at radius 3 is 2.71 bits per heavy atom. The second-order valence-electron chi connectivity index (χ2n) is 3.71. The Balaban J connectivity index is 2.52. The highest BCUT2D eigenvalue weighted by molar-refractivity contribution is 7.80. The molecular formula is C10H17N5OS. The molecule has 7 heteroatoms.